The van der Waals surface area contributed by atoms with E-state index in [0.717, 1.165) is 0 Å². The number of hydrogen-bond acceptors (Lipinski definition) is 10. The maximum atomic E-state index is 12.0. The molecule has 2 heterocycles. The van der Waals surface area contributed by atoms with Gasteiger partial charge in [-0.05, 0) is 12.0 Å². The highest BCUT2D eigenvalue weighted by molar-refractivity contribution is 5.89. The predicted molar refractivity (Wildman–Crippen MR) is 86.6 cm³/mol. The van der Waals surface area contributed by atoms with Gasteiger partial charge in [0.05, 0.1) is 38.1 Å². The van der Waals surface area contributed by atoms with Gasteiger partial charge in [-0.15, -0.1) is 0 Å². The van der Waals surface area contributed by atoms with Crippen LogP contribution in [-0.2, 0) is 23.7 Å². The van der Waals surface area contributed by atoms with E-state index in [0.29, 0.717) is 17.6 Å². The van der Waals surface area contributed by atoms with Crippen molar-refractivity contribution in [3.63, 3.8) is 0 Å². The normalized spacial score (nSPS) is 41.3. The summed E-state index contributed by atoms with van der Waals surface area (Å²) in [5.41, 5.74) is 0.903. The minimum atomic E-state index is -1.59. The van der Waals surface area contributed by atoms with Crippen LogP contribution in [0.5, 0.6) is 0 Å². The second kappa shape index (κ2) is 8.23. The van der Waals surface area contributed by atoms with Gasteiger partial charge in [-0.1, -0.05) is 6.08 Å². The SMILES string of the molecule is COC(=O)C1=CO[C@@H](O[C@@H]2O[C@H](CO)[C@@H](O)[C@H](O)[C@H]2O)C2C(CO)=CCC12. The number of carbonyl (C=O) groups excluding carboxylic acids is 1. The third-order valence-electron chi connectivity index (χ3n) is 5.24. The highest BCUT2D eigenvalue weighted by Gasteiger charge is 2.49. The molecule has 0 amide bonds. The lowest BCUT2D eigenvalue weighted by molar-refractivity contribution is -0.339. The smallest absolute Gasteiger partial charge is 0.337 e. The van der Waals surface area contributed by atoms with Crippen LogP contribution in [0.25, 0.3) is 0 Å². The largest absolute Gasteiger partial charge is 0.471 e. The van der Waals surface area contributed by atoms with Crippen molar-refractivity contribution in [2.45, 2.75) is 43.4 Å². The van der Waals surface area contributed by atoms with Gasteiger partial charge in [0.1, 0.15) is 24.4 Å². The first-order valence-electron chi connectivity index (χ1n) is 8.62. The zero-order valence-corrected chi connectivity index (χ0v) is 14.7. The number of carbonyl (C=O) groups is 1. The molecule has 10 nitrogen and oxygen atoms in total. The van der Waals surface area contributed by atoms with Crippen LogP contribution in [0, 0.1) is 11.8 Å². The van der Waals surface area contributed by atoms with Gasteiger partial charge in [0.2, 0.25) is 6.29 Å². The minimum absolute atomic E-state index is 0.270. The zero-order chi connectivity index (χ0) is 19.7. The fourth-order valence-electron chi connectivity index (χ4n) is 3.73. The summed E-state index contributed by atoms with van der Waals surface area (Å²) in [7, 11) is 1.25. The third-order valence-corrected chi connectivity index (χ3v) is 5.24. The summed E-state index contributed by atoms with van der Waals surface area (Å²) in [6.07, 6.45) is -4.73. The molecule has 1 aliphatic carbocycles. The Hall–Kier alpha value is -1.53. The molecule has 0 aromatic carbocycles. The lowest BCUT2D eigenvalue weighted by Gasteiger charge is -2.42. The highest BCUT2D eigenvalue weighted by atomic mass is 16.8. The molecule has 10 heteroatoms. The number of fused-ring (bicyclic) bond motifs is 1. The molecule has 5 N–H and O–H groups in total. The van der Waals surface area contributed by atoms with E-state index in [4.69, 9.17) is 18.9 Å². The van der Waals surface area contributed by atoms with Crippen molar-refractivity contribution in [3.8, 4) is 0 Å². The summed E-state index contributed by atoms with van der Waals surface area (Å²) in [4.78, 5) is 12.0. The first kappa shape index (κ1) is 20.2. The van der Waals surface area contributed by atoms with Crippen molar-refractivity contribution in [2.75, 3.05) is 20.3 Å². The quantitative estimate of drug-likeness (QED) is 0.258. The molecule has 0 aromatic rings. The number of rotatable bonds is 5. The maximum absolute atomic E-state index is 12.0. The molecular formula is C17H24O10. The molecule has 3 rings (SSSR count). The lowest BCUT2D eigenvalue weighted by Crippen LogP contribution is -2.60. The van der Waals surface area contributed by atoms with Crippen LogP contribution in [0.15, 0.2) is 23.5 Å². The van der Waals surface area contributed by atoms with E-state index >= 15 is 0 Å². The van der Waals surface area contributed by atoms with E-state index in [1.165, 1.54) is 13.4 Å². The topological polar surface area (TPSA) is 155 Å². The van der Waals surface area contributed by atoms with Gasteiger partial charge >= 0.3 is 5.97 Å². The molecule has 0 bridgehead atoms. The maximum Gasteiger partial charge on any atom is 0.337 e. The Morgan fingerprint density at radius 2 is 1.93 bits per heavy atom. The fourth-order valence-corrected chi connectivity index (χ4v) is 3.73. The summed E-state index contributed by atoms with van der Waals surface area (Å²) in [5.74, 6) is -1.42. The van der Waals surface area contributed by atoms with Gasteiger partial charge in [0.15, 0.2) is 6.29 Å². The zero-order valence-electron chi connectivity index (χ0n) is 14.7. The first-order valence-corrected chi connectivity index (χ1v) is 8.62. The summed E-state index contributed by atoms with van der Waals surface area (Å²) >= 11 is 0. The number of allylic oxidation sites excluding steroid dienone is 1. The van der Waals surface area contributed by atoms with Crippen LogP contribution >= 0.6 is 0 Å². The Balaban J connectivity index is 1.80. The monoisotopic (exact) mass is 388 g/mol. The summed E-state index contributed by atoms with van der Waals surface area (Å²) < 4.78 is 21.3. The molecule has 1 fully saturated rings. The Bertz CT molecular complexity index is 615. The molecule has 152 valence electrons. The Morgan fingerprint density at radius 3 is 2.56 bits per heavy atom. The average Bonchev–Trinajstić information content (AvgIpc) is 3.12. The van der Waals surface area contributed by atoms with Gasteiger partial charge in [-0.2, -0.15) is 0 Å². The van der Waals surface area contributed by atoms with Crippen molar-refractivity contribution >= 4 is 5.97 Å². The standard InChI is InChI=1S/C17H24O10/c1-24-15(23)9-6-25-16(11-7(4-18)2-3-8(9)11)27-17-14(22)13(21)12(20)10(5-19)26-17/h2,6,8,10-14,16-22H,3-5H2,1H3/t8?,10-,11?,12-,13+,14-,16+,17+/m1/s1. The number of esters is 1. The lowest BCUT2D eigenvalue weighted by atomic mass is 9.83. The van der Waals surface area contributed by atoms with Crippen LogP contribution in [-0.4, -0.2) is 88.8 Å². The summed E-state index contributed by atoms with van der Waals surface area (Å²) in [6, 6.07) is 0. The fraction of sp³-hybridized carbons (Fsp3) is 0.706. The Labute approximate surface area is 155 Å². The number of hydrogen-bond donors (Lipinski definition) is 5. The van der Waals surface area contributed by atoms with Crippen LogP contribution in [0.1, 0.15) is 6.42 Å². The van der Waals surface area contributed by atoms with E-state index < -0.39 is 55.5 Å². The Kier molecular flexibility index (Phi) is 6.16. The second-order valence-corrected chi connectivity index (χ2v) is 6.71. The van der Waals surface area contributed by atoms with Crippen LogP contribution in [0.2, 0.25) is 0 Å². The number of aliphatic hydroxyl groups is 5. The second-order valence-electron chi connectivity index (χ2n) is 6.71. The molecule has 2 unspecified atom stereocenters. The van der Waals surface area contributed by atoms with Crippen LogP contribution in [0.4, 0.5) is 0 Å². The van der Waals surface area contributed by atoms with Crippen molar-refractivity contribution in [3.05, 3.63) is 23.5 Å². The molecule has 0 radical (unpaired) electrons. The van der Waals surface area contributed by atoms with Crippen molar-refractivity contribution < 1.29 is 49.3 Å². The number of aliphatic hydroxyl groups excluding tert-OH is 5. The Morgan fingerprint density at radius 1 is 1.19 bits per heavy atom. The minimum Gasteiger partial charge on any atom is -0.471 e. The molecular weight excluding hydrogens is 364 g/mol. The van der Waals surface area contributed by atoms with Crippen molar-refractivity contribution in [1.82, 2.24) is 0 Å². The van der Waals surface area contributed by atoms with Gasteiger partial charge in [-0.3, -0.25) is 0 Å². The van der Waals surface area contributed by atoms with E-state index in [1.54, 1.807) is 6.08 Å². The third kappa shape index (κ3) is 3.61. The molecule has 0 saturated carbocycles. The van der Waals surface area contributed by atoms with Gasteiger partial charge < -0.3 is 44.5 Å². The molecule has 0 aromatic heterocycles. The summed E-state index contributed by atoms with van der Waals surface area (Å²) in [6.45, 7) is -0.857. The molecule has 27 heavy (non-hydrogen) atoms. The number of ether oxygens (including phenoxy) is 4. The average molecular weight is 388 g/mol. The van der Waals surface area contributed by atoms with Gasteiger partial charge in [-0.25, -0.2) is 4.79 Å². The highest BCUT2D eigenvalue weighted by Crippen LogP contribution is 2.44. The number of methoxy groups -OCH3 is 1. The predicted octanol–water partition coefficient (Wildman–Crippen LogP) is -2.23. The van der Waals surface area contributed by atoms with Gasteiger partial charge in [0.25, 0.3) is 0 Å². The van der Waals surface area contributed by atoms with E-state index in [1.807, 2.05) is 0 Å². The molecule has 2 aliphatic heterocycles. The van der Waals surface area contributed by atoms with Gasteiger partial charge in [0, 0.05) is 5.92 Å². The van der Waals surface area contributed by atoms with E-state index in [9.17, 15) is 30.3 Å². The molecule has 0 spiro atoms. The van der Waals surface area contributed by atoms with Crippen molar-refractivity contribution in [1.29, 1.82) is 0 Å². The summed E-state index contributed by atoms with van der Waals surface area (Å²) in [5, 5.41) is 48.8. The van der Waals surface area contributed by atoms with Crippen LogP contribution < -0.4 is 0 Å². The van der Waals surface area contributed by atoms with Crippen LogP contribution in [0.3, 0.4) is 0 Å². The molecule has 3 aliphatic rings. The van der Waals surface area contributed by atoms with Crippen molar-refractivity contribution in [2.24, 2.45) is 11.8 Å². The first-order chi connectivity index (χ1) is 12.9. The molecule has 8 atom stereocenters. The van der Waals surface area contributed by atoms with E-state index in [-0.39, 0.29) is 12.5 Å². The molecule has 1 saturated heterocycles. The van der Waals surface area contributed by atoms with E-state index in [2.05, 4.69) is 0 Å².